The van der Waals surface area contributed by atoms with Crippen molar-refractivity contribution in [1.29, 1.82) is 0 Å². The molecule has 186 valence electrons. The normalized spacial score (nSPS) is 18.0. The van der Waals surface area contributed by atoms with Gasteiger partial charge in [0.1, 0.15) is 11.3 Å². The summed E-state index contributed by atoms with van der Waals surface area (Å²) in [7, 11) is 0. The number of hydrogen-bond acceptors (Lipinski definition) is 4. The predicted octanol–water partition coefficient (Wildman–Crippen LogP) is 4.83. The number of halogens is 1. The van der Waals surface area contributed by atoms with Crippen LogP contribution in [0.5, 0.6) is 0 Å². The predicted molar refractivity (Wildman–Crippen MR) is 140 cm³/mol. The molecule has 0 spiro atoms. The van der Waals surface area contributed by atoms with Gasteiger partial charge in [0, 0.05) is 37.8 Å². The molecule has 1 N–H and O–H groups in total. The lowest BCUT2D eigenvalue weighted by Gasteiger charge is -2.22. The van der Waals surface area contributed by atoms with E-state index in [1.165, 1.54) is 29.5 Å². The summed E-state index contributed by atoms with van der Waals surface area (Å²) in [6.45, 7) is 4.69. The number of nitrogens with zero attached hydrogens (tertiary/aromatic N) is 3. The number of fused-ring (bicyclic) bond motifs is 4. The standard InChI is InChI=1S/C28H28N4O3.ClH/c1-16-11-24-23(30-27(33)25-13-29-26(32(24)25)18-7-9-35-10-8-18)12-21(16)28(34)31-14-19-3-2-4-20(17-5-6-17)22(19)15-31;/h2-4,11-13,17-18H,5-10,14-15H2,1H3,(H,30,33);1H. The zero-order valence-corrected chi connectivity index (χ0v) is 21.1. The molecule has 0 radical (unpaired) electrons. The van der Waals surface area contributed by atoms with Crippen LogP contribution in [0, 0.1) is 6.92 Å². The molecule has 7 nitrogen and oxygen atoms in total. The van der Waals surface area contributed by atoms with Gasteiger partial charge >= 0.3 is 0 Å². The van der Waals surface area contributed by atoms with E-state index in [2.05, 4.69) is 28.2 Å². The summed E-state index contributed by atoms with van der Waals surface area (Å²) in [6.07, 6.45) is 5.94. The number of amides is 1. The molecular weight excluding hydrogens is 476 g/mol. The van der Waals surface area contributed by atoms with Crippen LogP contribution in [0.1, 0.15) is 76.0 Å². The Morgan fingerprint density at radius 2 is 1.86 bits per heavy atom. The van der Waals surface area contributed by atoms with E-state index in [0.717, 1.165) is 29.7 Å². The van der Waals surface area contributed by atoms with Crippen LogP contribution < -0.4 is 5.56 Å². The third-order valence-electron chi connectivity index (χ3n) is 7.99. The van der Waals surface area contributed by atoms with Crippen molar-refractivity contribution >= 4 is 34.9 Å². The van der Waals surface area contributed by atoms with Crippen LogP contribution in [0.15, 0.2) is 41.3 Å². The van der Waals surface area contributed by atoms with Gasteiger partial charge in [0.2, 0.25) is 0 Å². The van der Waals surface area contributed by atoms with Gasteiger partial charge in [0.05, 0.1) is 17.2 Å². The summed E-state index contributed by atoms with van der Waals surface area (Å²) in [5.74, 6) is 1.83. The Bertz CT molecular complexity index is 1560. The van der Waals surface area contributed by atoms with Gasteiger partial charge in [-0.2, -0.15) is 0 Å². The highest BCUT2D eigenvalue weighted by atomic mass is 35.5. The quantitative estimate of drug-likeness (QED) is 0.433. The van der Waals surface area contributed by atoms with Gasteiger partial charge < -0.3 is 14.6 Å². The number of rotatable bonds is 3. The number of aromatic amines is 1. The van der Waals surface area contributed by atoms with Crippen molar-refractivity contribution in [2.24, 2.45) is 0 Å². The molecule has 1 saturated carbocycles. The van der Waals surface area contributed by atoms with E-state index in [9.17, 15) is 9.59 Å². The molecule has 2 aromatic heterocycles. The lowest BCUT2D eigenvalue weighted by molar-refractivity contribution is 0.0750. The van der Waals surface area contributed by atoms with E-state index in [-0.39, 0.29) is 29.8 Å². The minimum Gasteiger partial charge on any atom is -0.381 e. The van der Waals surface area contributed by atoms with Crippen molar-refractivity contribution in [3.8, 4) is 0 Å². The maximum Gasteiger partial charge on any atom is 0.274 e. The third-order valence-corrected chi connectivity index (χ3v) is 7.99. The molecule has 0 bridgehead atoms. The second kappa shape index (κ2) is 8.75. The second-order valence-electron chi connectivity index (χ2n) is 10.3. The van der Waals surface area contributed by atoms with E-state index in [1.807, 2.05) is 28.4 Å². The molecule has 0 unspecified atom stereocenters. The van der Waals surface area contributed by atoms with E-state index >= 15 is 0 Å². The maximum absolute atomic E-state index is 13.7. The first kappa shape index (κ1) is 23.3. The molecule has 1 amide bonds. The van der Waals surface area contributed by atoms with Crippen LogP contribution >= 0.6 is 12.4 Å². The van der Waals surface area contributed by atoms with Crippen molar-refractivity contribution in [3.05, 3.63) is 80.5 Å². The van der Waals surface area contributed by atoms with Crippen molar-refractivity contribution in [3.63, 3.8) is 0 Å². The van der Waals surface area contributed by atoms with Crippen LogP contribution in [0.25, 0.3) is 16.6 Å². The van der Waals surface area contributed by atoms with Crippen molar-refractivity contribution in [1.82, 2.24) is 19.3 Å². The fourth-order valence-electron chi connectivity index (χ4n) is 5.96. The van der Waals surface area contributed by atoms with Crippen molar-refractivity contribution in [2.75, 3.05) is 13.2 Å². The molecule has 3 aliphatic rings. The lowest BCUT2D eigenvalue weighted by Crippen LogP contribution is -2.26. The molecule has 1 aliphatic carbocycles. The smallest absolute Gasteiger partial charge is 0.274 e. The fourth-order valence-corrected chi connectivity index (χ4v) is 5.96. The highest BCUT2D eigenvalue weighted by Gasteiger charge is 2.32. The minimum atomic E-state index is -0.187. The summed E-state index contributed by atoms with van der Waals surface area (Å²) in [5, 5.41) is 0. The van der Waals surface area contributed by atoms with Crippen LogP contribution in [0.4, 0.5) is 0 Å². The largest absolute Gasteiger partial charge is 0.381 e. The first-order valence-electron chi connectivity index (χ1n) is 12.6. The van der Waals surface area contributed by atoms with Crippen LogP contribution in [0.2, 0.25) is 0 Å². The molecule has 36 heavy (non-hydrogen) atoms. The lowest BCUT2D eigenvalue weighted by atomic mass is 9.99. The molecule has 4 heterocycles. The third kappa shape index (κ3) is 3.64. The number of carbonyl (C=O) groups excluding carboxylic acids is 1. The Balaban J connectivity index is 0.00000240. The van der Waals surface area contributed by atoms with Gasteiger partial charge in [-0.25, -0.2) is 4.98 Å². The number of nitrogens with one attached hydrogen (secondary N) is 1. The molecule has 2 aliphatic heterocycles. The topological polar surface area (TPSA) is 79.7 Å². The Morgan fingerprint density at radius 1 is 1.06 bits per heavy atom. The summed E-state index contributed by atoms with van der Waals surface area (Å²) < 4.78 is 7.52. The highest BCUT2D eigenvalue weighted by molar-refractivity contribution is 5.99. The van der Waals surface area contributed by atoms with Gasteiger partial charge in [0.25, 0.3) is 11.5 Å². The van der Waals surface area contributed by atoms with Gasteiger partial charge in [-0.15, -0.1) is 12.4 Å². The molecule has 2 fully saturated rings. The number of aryl methyl sites for hydroxylation is 1. The highest BCUT2D eigenvalue weighted by Crippen LogP contribution is 2.44. The van der Waals surface area contributed by atoms with E-state index in [4.69, 9.17) is 4.74 Å². The van der Waals surface area contributed by atoms with Crippen molar-refractivity contribution in [2.45, 2.75) is 57.5 Å². The zero-order valence-electron chi connectivity index (χ0n) is 20.3. The van der Waals surface area contributed by atoms with Crippen LogP contribution in [-0.2, 0) is 17.8 Å². The molecule has 1 saturated heterocycles. The number of aromatic nitrogens is 3. The Hall–Kier alpha value is -3.16. The molecule has 4 aromatic rings. The van der Waals surface area contributed by atoms with Gasteiger partial charge in [-0.1, -0.05) is 18.2 Å². The average molecular weight is 505 g/mol. The summed E-state index contributed by atoms with van der Waals surface area (Å²) >= 11 is 0. The average Bonchev–Trinajstić information content (AvgIpc) is 3.45. The summed E-state index contributed by atoms with van der Waals surface area (Å²) in [6, 6.07) is 10.4. The van der Waals surface area contributed by atoms with E-state index in [0.29, 0.717) is 48.8 Å². The number of hydrogen-bond donors (Lipinski definition) is 1. The van der Waals surface area contributed by atoms with Crippen molar-refractivity contribution < 1.29 is 9.53 Å². The Labute approximate surface area is 214 Å². The van der Waals surface area contributed by atoms with Gasteiger partial charge in [-0.05, 0) is 72.9 Å². The van der Waals surface area contributed by atoms with Crippen LogP contribution in [0.3, 0.4) is 0 Å². The monoisotopic (exact) mass is 504 g/mol. The maximum atomic E-state index is 13.7. The second-order valence-corrected chi connectivity index (χ2v) is 10.3. The minimum absolute atomic E-state index is 0. The summed E-state index contributed by atoms with van der Waals surface area (Å²) in [5.41, 5.74) is 7.45. The van der Waals surface area contributed by atoms with E-state index < -0.39 is 0 Å². The molecule has 2 aromatic carbocycles. The van der Waals surface area contributed by atoms with Crippen LogP contribution in [-0.4, -0.2) is 38.4 Å². The van der Waals surface area contributed by atoms with E-state index in [1.54, 1.807) is 6.20 Å². The Morgan fingerprint density at radius 3 is 2.64 bits per heavy atom. The first-order chi connectivity index (χ1) is 17.1. The molecule has 8 heteroatoms. The Kier molecular flexibility index (Phi) is 5.65. The number of ether oxygens (including phenoxy) is 1. The first-order valence-corrected chi connectivity index (χ1v) is 12.6. The fraction of sp³-hybridized carbons (Fsp3) is 0.393. The zero-order chi connectivity index (χ0) is 23.7. The number of imidazole rings is 1. The molecule has 7 rings (SSSR count). The molecule has 0 atom stereocenters. The van der Waals surface area contributed by atoms with Gasteiger partial charge in [-0.3, -0.25) is 14.0 Å². The molecular formula is C28H29ClN4O3. The number of carbonyl (C=O) groups is 1. The number of benzene rings is 2. The summed E-state index contributed by atoms with van der Waals surface area (Å²) in [4.78, 5) is 36.2. The SMILES string of the molecule is Cc1cc2c(cc1C(=O)N1Cc3cccc(C4CC4)c3C1)[nH]c(=O)c1cnc(C3CCOCC3)n12.Cl. The van der Waals surface area contributed by atoms with Gasteiger partial charge in [0.15, 0.2) is 0 Å². The number of H-pyrrole nitrogens is 1.